The Balaban J connectivity index is 1.94. The molecule has 0 saturated heterocycles. The number of hydrogen-bond donors (Lipinski definition) is 3. The largest absolute Gasteiger partial charge is 0.490 e. The second-order valence-corrected chi connectivity index (χ2v) is 11.8. The third kappa shape index (κ3) is 18.0. The number of benzene rings is 2. The highest BCUT2D eigenvalue weighted by atomic mass is 16.5. The first-order valence-corrected chi connectivity index (χ1v) is 17.8. The summed E-state index contributed by atoms with van der Waals surface area (Å²) in [4.78, 5) is 12.7. The molecule has 0 fully saturated rings. The molecule has 8 heteroatoms. The molecule has 2 rings (SSSR count). The molecule has 0 heterocycles. The summed E-state index contributed by atoms with van der Waals surface area (Å²) in [5, 5.41) is 10.6. The Morgan fingerprint density at radius 2 is 1.09 bits per heavy atom. The zero-order valence-corrected chi connectivity index (χ0v) is 28.9. The maximum atomic E-state index is 12.7. The van der Waals surface area contributed by atoms with E-state index in [0.29, 0.717) is 62.5 Å². The van der Waals surface area contributed by atoms with Crippen LogP contribution in [0.1, 0.15) is 108 Å². The van der Waals surface area contributed by atoms with Gasteiger partial charge >= 0.3 is 0 Å². The molecule has 8 nitrogen and oxygen atoms in total. The summed E-state index contributed by atoms with van der Waals surface area (Å²) in [6.45, 7) is 7.26. The molecule has 0 aliphatic heterocycles. The zero-order chi connectivity index (χ0) is 34.0. The van der Waals surface area contributed by atoms with Crippen LogP contribution in [0.2, 0.25) is 0 Å². The number of aliphatic hydroxyl groups excluding tert-OH is 1. The molecular weight excluding hydrogens is 592 g/mol. The van der Waals surface area contributed by atoms with E-state index < -0.39 is 6.10 Å². The van der Waals surface area contributed by atoms with Gasteiger partial charge in [0.05, 0.1) is 19.3 Å². The van der Waals surface area contributed by atoms with Gasteiger partial charge in [-0.3, -0.25) is 4.79 Å². The average molecular weight is 653 g/mol. The van der Waals surface area contributed by atoms with Crippen LogP contribution in [-0.2, 0) is 4.79 Å². The standard InChI is InChI=1S/C39H60N2O6/c1-3-5-7-9-11-13-25-44-38-29-32(17-21-36(38)46-27-23-40)15-19-34(42)31-35(43)20-16-33-18-22-37(47-28-24-41)39(30-33)45-26-14-12-10-8-6-4-2/h15-22,29-30,34,42H,3-14,23-28,31,40-41H2,1-2H3/b19-15+,20-16+. The van der Waals surface area contributed by atoms with E-state index in [0.717, 1.165) is 36.8 Å². The van der Waals surface area contributed by atoms with Gasteiger partial charge in [0.15, 0.2) is 28.8 Å². The second-order valence-electron chi connectivity index (χ2n) is 11.8. The van der Waals surface area contributed by atoms with Crippen LogP contribution >= 0.6 is 0 Å². The summed E-state index contributed by atoms with van der Waals surface area (Å²) in [7, 11) is 0. The van der Waals surface area contributed by atoms with Crippen molar-refractivity contribution in [3.63, 3.8) is 0 Å². The van der Waals surface area contributed by atoms with Crippen molar-refractivity contribution < 1.29 is 28.8 Å². The lowest BCUT2D eigenvalue weighted by Gasteiger charge is -2.13. The summed E-state index contributed by atoms with van der Waals surface area (Å²) in [6, 6.07) is 11.2. The van der Waals surface area contributed by atoms with E-state index in [4.69, 9.17) is 30.4 Å². The molecule has 1 unspecified atom stereocenters. The SMILES string of the molecule is CCCCCCCCOc1cc(/C=C/C(=O)CC(O)/C=C/c2ccc(OCCN)c(OCCCCCCCC)c2)ccc1OCCN. The number of ether oxygens (including phenoxy) is 4. The van der Waals surface area contributed by atoms with E-state index in [9.17, 15) is 9.90 Å². The van der Waals surface area contributed by atoms with Crippen molar-refractivity contribution in [1.29, 1.82) is 0 Å². The summed E-state index contributed by atoms with van der Waals surface area (Å²) in [5.74, 6) is 2.39. The molecule has 0 amide bonds. The van der Waals surface area contributed by atoms with Gasteiger partial charge in [0.1, 0.15) is 13.2 Å². The molecule has 0 saturated carbocycles. The van der Waals surface area contributed by atoms with Crippen molar-refractivity contribution in [1.82, 2.24) is 0 Å². The first-order chi connectivity index (χ1) is 23.0. The highest BCUT2D eigenvalue weighted by Gasteiger charge is 2.10. The lowest BCUT2D eigenvalue weighted by Crippen LogP contribution is -2.11. The molecule has 0 radical (unpaired) electrons. The quantitative estimate of drug-likeness (QED) is 0.0626. The maximum absolute atomic E-state index is 12.7. The Bertz CT molecular complexity index is 1180. The van der Waals surface area contributed by atoms with Crippen molar-refractivity contribution >= 4 is 17.9 Å². The molecule has 2 aromatic rings. The van der Waals surface area contributed by atoms with E-state index in [1.807, 2.05) is 36.4 Å². The minimum Gasteiger partial charge on any atom is -0.490 e. The number of rotatable bonds is 28. The summed E-state index contributed by atoms with van der Waals surface area (Å²) >= 11 is 0. The van der Waals surface area contributed by atoms with Gasteiger partial charge < -0.3 is 35.5 Å². The number of carbonyl (C=O) groups excluding carboxylic acids is 1. The van der Waals surface area contributed by atoms with Crippen LogP contribution in [-0.4, -0.2) is 56.5 Å². The van der Waals surface area contributed by atoms with Crippen LogP contribution in [0.25, 0.3) is 12.2 Å². The number of carbonyl (C=O) groups is 1. The summed E-state index contributed by atoms with van der Waals surface area (Å²) in [5.41, 5.74) is 12.9. The number of ketones is 1. The van der Waals surface area contributed by atoms with Crippen molar-refractivity contribution in [3.8, 4) is 23.0 Å². The van der Waals surface area contributed by atoms with Crippen LogP contribution in [0.3, 0.4) is 0 Å². The van der Waals surface area contributed by atoms with Gasteiger partial charge in [0.2, 0.25) is 0 Å². The molecule has 1 atom stereocenters. The van der Waals surface area contributed by atoms with Gasteiger partial charge in [-0.2, -0.15) is 0 Å². The van der Waals surface area contributed by atoms with Crippen molar-refractivity contribution in [2.45, 2.75) is 103 Å². The molecule has 5 N–H and O–H groups in total. The molecule has 0 aromatic heterocycles. The number of hydrogen-bond acceptors (Lipinski definition) is 8. The third-order valence-corrected chi connectivity index (χ3v) is 7.58. The predicted octanol–water partition coefficient (Wildman–Crippen LogP) is 7.89. The summed E-state index contributed by atoms with van der Waals surface area (Å²) < 4.78 is 23.6. The molecule has 0 aliphatic carbocycles. The van der Waals surface area contributed by atoms with Gasteiger partial charge in [-0.1, -0.05) is 108 Å². The fraction of sp³-hybridized carbons (Fsp3) is 0.564. The smallest absolute Gasteiger partial charge is 0.161 e. The van der Waals surface area contributed by atoms with Crippen molar-refractivity contribution in [2.75, 3.05) is 39.5 Å². The topological polar surface area (TPSA) is 126 Å². The minimum atomic E-state index is -0.934. The monoisotopic (exact) mass is 652 g/mol. The Morgan fingerprint density at radius 1 is 0.638 bits per heavy atom. The molecule has 0 spiro atoms. The lowest BCUT2D eigenvalue weighted by molar-refractivity contribution is -0.115. The number of unbranched alkanes of at least 4 members (excludes halogenated alkanes) is 10. The van der Waals surface area contributed by atoms with E-state index in [1.165, 1.54) is 57.4 Å². The minimum absolute atomic E-state index is 0.0365. The third-order valence-electron chi connectivity index (χ3n) is 7.58. The van der Waals surface area contributed by atoms with Gasteiger partial charge in [-0.05, 0) is 54.3 Å². The molecule has 262 valence electrons. The molecule has 2 aromatic carbocycles. The highest BCUT2D eigenvalue weighted by Crippen LogP contribution is 2.30. The van der Waals surface area contributed by atoms with Gasteiger partial charge in [0.25, 0.3) is 0 Å². The van der Waals surface area contributed by atoms with Crippen LogP contribution in [0, 0.1) is 0 Å². The van der Waals surface area contributed by atoms with Gasteiger partial charge in [0, 0.05) is 19.5 Å². The predicted molar refractivity (Wildman–Crippen MR) is 193 cm³/mol. The average Bonchev–Trinajstić information content (AvgIpc) is 3.08. The number of aliphatic hydroxyl groups is 1. The van der Waals surface area contributed by atoms with E-state index in [2.05, 4.69) is 13.8 Å². The van der Waals surface area contributed by atoms with Crippen LogP contribution in [0.5, 0.6) is 23.0 Å². The number of allylic oxidation sites excluding steroid dienone is 1. The van der Waals surface area contributed by atoms with Crippen LogP contribution in [0.15, 0.2) is 48.6 Å². The lowest BCUT2D eigenvalue weighted by atomic mass is 10.1. The first-order valence-electron chi connectivity index (χ1n) is 17.8. The Hall–Kier alpha value is -3.33. The van der Waals surface area contributed by atoms with Gasteiger partial charge in [-0.15, -0.1) is 0 Å². The fourth-order valence-electron chi connectivity index (χ4n) is 4.94. The van der Waals surface area contributed by atoms with Crippen LogP contribution < -0.4 is 30.4 Å². The van der Waals surface area contributed by atoms with Crippen molar-refractivity contribution in [2.24, 2.45) is 11.5 Å². The van der Waals surface area contributed by atoms with Crippen molar-refractivity contribution in [3.05, 3.63) is 59.7 Å². The first kappa shape index (κ1) is 39.8. The highest BCUT2D eigenvalue weighted by molar-refractivity contribution is 5.94. The molecular formula is C39H60N2O6. The van der Waals surface area contributed by atoms with Gasteiger partial charge in [-0.25, -0.2) is 0 Å². The Morgan fingerprint density at radius 3 is 1.57 bits per heavy atom. The van der Waals surface area contributed by atoms with Crippen LogP contribution in [0.4, 0.5) is 0 Å². The summed E-state index contributed by atoms with van der Waals surface area (Å²) in [6.07, 6.45) is 19.8. The van der Waals surface area contributed by atoms with E-state index in [1.54, 1.807) is 18.2 Å². The van der Waals surface area contributed by atoms with E-state index >= 15 is 0 Å². The molecule has 47 heavy (non-hydrogen) atoms. The fourth-order valence-corrected chi connectivity index (χ4v) is 4.94. The molecule has 0 bridgehead atoms. The number of nitrogens with two attached hydrogens (primary N) is 2. The normalized spacial score (nSPS) is 12.1. The maximum Gasteiger partial charge on any atom is 0.161 e. The molecule has 0 aliphatic rings. The second kappa shape index (κ2) is 25.7. The van der Waals surface area contributed by atoms with E-state index in [-0.39, 0.29) is 12.2 Å². The zero-order valence-electron chi connectivity index (χ0n) is 28.9. The Labute approximate surface area is 283 Å². The Kier molecular flexibility index (Phi) is 21.8.